The minimum absolute atomic E-state index is 0.00285. The third-order valence-corrected chi connectivity index (χ3v) is 4.11. The molecule has 2 rings (SSSR count). The summed E-state index contributed by atoms with van der Waals surface area (Å²) >= 11 is 0. The molecule has 0 saturated carbocycles. The number of anilines is 1. The average molecular weight is 362 g/mol. The second-order valence-electron chi connectivity index (χ2n) is 6.25. The Morgan fingerprint density at radius 3 is 2.22 bits per heavy atom. The van der Waals surface area contributed by atoms with Gasteiger partial charge in [0.2, 0.25) is 0 Å². The standard InChI is InChI=1S/C23H26N2O2/c1-3-16-25(17-4-2)21-10-5-19(6-11-21)7-14-23(26)20-8-12-22(13-9-20)27-18-15-24/h5-14H,3-4,16-18H2,1-2H3/b14-7+. The fraction of sp³-hybridized carbons (Fsp3) is 0.304. The van der Waals surface area contributed by atoms with E-state index in [1.54, 1.807) is 30.3 Å². The van der Waals surface area contributed by atoms with Gasteiger partial charge in [0.25, 0.3) is 0 Å². The molecule has 0 N–H and O–H groups in total. The molecule has 0 unspecified atom stereocenters. The van der Waals surface area contributed by atoms with Crippen LogP contribution in [-0.4, -0.2) is 25.5 Å². The molecule has 2 aromatic carbocycles. The van der Waals surface area contributed by atoms with Gasteiger partial charge in [-0.1, -0.05) is 32.1 Å². The SMILES string of the molecule is CCCN(CCC)c1ccc(/C=C/C(=O)c2ccc(OCC#N)cc2)cc1. The lowest BCUT2D eigenvalue weighted by molar-refractivity contribution is 0.104. The Bertz CT molecular complexity index is 781. The van der Waals surface area contributed by atoms with Crippen molar-refractivity contribution in [2.45, 2.75) is 26.7 Å². The molecule has 140 valence electrons. The number of allylic oxidation sites excluding steroid dienone is 1. The normalized spacial score (nSPS) is 10.6. The lowest BCUT2D eigenvalue weighted by atomic mass is 10.1. The maximum absolute atomic E-state index is 12.3. The van der Waals surface area contributed by atoms with Crippen LogP contribution in [0.2, 0.25) is 0 Å². The molecule has 0 aliphatic heterocycles. The monoisotopic (exact) mass is 362 g/mol. The molecule has 0 aliphatic rings. The summed E-state index contributed by atoms with van der Waals surface area (Å²) in [4.78, 5) is 14.7. The molecule has 0 atom stereocenters. The molecule has 4 nitrogen and oxygen atoms in total. The summed E-state index contributed by atoms with van der Waals surface area (Å²) < 4.78 is 5.19. The first-order valence-corrected chi connectivity index (χ1v) is 9.35. The van der Waals surface area contributed by atoms with Crippen LogP contribution in [0, 0.1) is 11.3 Å². The van der Waals surface area contributed by atoms with E-state index in [9.17, 15) is 4.79 Å². The number of ketones is 1. The van der Waals surface area contributed by atoms with E-state index in [4.69, 9.17) is 10.00 Å². The number of benzene rings is 2. The number of ether oxygens (including phenoxy) is 1. The van der Waals surface area contributed by atoms with Gasteiger partial charge < -0.3 is 9.64 Å². The summed E-state index contributed by atoms with van der Waals surface area (Å²) in [5, 5.41) is 8.51. The Kier molecular flexibility index (Phi) is 8.12. The molecule has 0 amide bonds. The Morgan fingerprint density at radius 2 is 1.67 bits per heavy atom. The van der Waals surface area contributed by atoms with Crippen molar-refractivity contribution in [2.24, 2.45) is 0 Å². The molecule has 0 radical (unpaired) electrons. The van der Waals surface area contributed by atoms with Crippen LogP contribution in [0.4, 0.5) is 5.69 Å². The zero-order valence-corrected chi connectivity index (χ0v) is 16.0. The molecular formula is C23H26N2O2. The first-order chi connectivity index (χ1) is 13.2. The zero-order chi connectivity index (χ0) is 19.5. The van der Waals surface area contributed by atoms with Crippen LogP contribution < -0.4 is 9.64 Å². The molecule has 0 heterocycles. The third-order valence-electron chi connectivity index (χ3n) is 4.11. The van der Waals surface area contributed by atoms with Crippen molar-refractivity contribution in [1.29, 1.82) is 5.26 Å². The summed E-state index contributed by atoms with van der Waals surface area (Å²) in [6, 6.07) is 17.0. The van der Waals surface area contributed by atoms with Gasteiger partial charge in [-0.05, 0) is 60.9 Å². The molecule has 2 aromatic rings. The molecule has 0 fully saturated rings. The van der Waals surface area contributed by atoms with Crippen LogP contribution >= 0.6 is 0 Å². The van der Waals surface area contributed by atoms with Crippen LogP contribution in [0.5, 0.6) is 5.75 Å². The predicted octanol–water partition coefficient (Wildman–Crippen LogP) is 5.11. The fourth-order valence-corrected chi connectivity index (χ4v) is 2.81. The van der Waals surface area contributed by atoms with E-state index in [-0.39, 0.29) is 12.4 Å². The van der Waals surface area contributed by atoms with E-state index < -0.39 is 0 Å². The highest BCUT2D eigenvalue weighted by molar-refractivity contribution is 6.06. The van der Waals surface area contributed by atoms with E-state index >= 15 is 0 Å². The van der Waals surface area contributed by atoms with Gasteiger partial charge in [0.1, 0.15) is 11.8 Å². The van der Waals surface area contributed by atoms with Gasteiger partial charge in [-0.15, -0.1) is 0 Å². The molecular weight excluding hydrogens is 336 g/mol. The summed E-state index contributed by atoms with van der Waals surface area (Å²) in [5.41, 5.74) is 2.80. The number of carbonyl (C=O) groups excluding carboxylic acids is 1. The largest absolute Gasteiger partial charge is 0.479 e. The lowest BCUT2D eigenvalue weighted by Gasteiger charge is -2.23. The van der Waals surface area contributed by atoms with Crippen LogP contribution in [0.25, 0.3) is 6.08 Å². The van der Waals surface area contributed by atoms with Gasteiger partial charge in [-0.25, -0.2) is 0 Å². The van der Waals surface area contributed by atoms with Gasteiger partial charge in [0.15, 0.2) is 12.4 Å². The van der Waals surface area contributed by atoms with Gasteiger partial charge in [0.05, 0.1) is 0 Å². The number of rotatable bonds is 10. The quantitative estimate of drug-likeness (QED) is 0.435. The van der Waals surface area contributed by atoms with Gasteiger partial charge >= 0.3 is 0 Å². The van der Waals surface area contributed by atoms with Crippen molar-refractivity contribution < 1.29 is 9.53 Å². The van der Waals surface area contributed by atoms with Crippen molar-refractivity contribution >= 4 is 17.5 Å². The Hall–Kier alpha value is -3.06. The number of nitriles is 1. The Morgan fingerprint density at radius 1 is 1.04 bits per heavy atom. The molecule has 27 heavy (non-hydrogen) atoms. The molecule has 0 spiro atoms. The smallest absolute Gasteiger partial charge is 0.185 e. The molecule has 0 bridgehead atoms. The topological polar surface area (TPSA) is 53.3 Å². The van der Waals surface area contributed by atoms with Gasteiger partial charge in [-0.3, -0.25) is 4.79 Å². The third kappa shape index (κ3) is 6.31. The molecule has 0 aliphatic carbocycles. The molecule has 4 heteroatoms. The van der Waals surface area contributed by atoms with Crippen LogP contribution in [0.1, 0.15) is 42.6 Å². The zero-order valence-electron chi connectivity index (χ0n) is 16.0. The Balaban J connectivity index is 2.00. The predicted molar refractivity (Wildman–Crippen MR) is 110 cm³/mol. The summed E-state index contributed by atoms with van der Waals surface area (Å²) in [6.07, 6.45) is 5.65. The first kappa shape index (κ1) is 20.3. The van der Waals surface area contributed by atoms with Crippen molar-refractivity contribution in [2.75, 3.05) is 24.6 Å². The van der Waals surface area contributed by atoms with Crippen molar-refractivity contribution in [3.8, 4) is 11.8 Å². The summed E-state index contributed by atoms with van der Waals surface area (Å²) in [7, 11) is 0. The number of nitrogens with zero attached hydrogens (tertiary/aromatic N) is 2. The summed E-state index contributed by atoms with van der Waals surface area (Å²) in [5.74, 6) is 0.515. The van der Waals surface area contributed by atoms with Gasteiger partial charge in [-0.2, -0.15) is 5.26 Å². The van der Waals surface area contributed by atoms with Crippen LogP contribution in [0.15, 0.2) is 54.6 Å². The van der Waals surface area contributed by atoms with Gasteiger partial charge in [0, 0.05) is 24.3 Å². The van der Waals surface area contributed by atoms with Crippen LogP contribution in [-0.2, 0) is 0 Å². The lowest BCUT2D eigenvalue weighted by Crippen LogP contribution is -2.24. The maximum Gasteiger partial charge on any atom is 0.185 e. The highest BCUT2D eigenvalue weighted by atomic mass is 16.5. The number of hydrogen-bond donors (Lipinski definition) is 0. The average Bonchev–Trinajstić information content (AvgIpc) is 2.71. The van der Waals surface area contributed by atoms with Crippen LogP contribution in [0.3, 0.4) is 0 Å². The molecule has 0 aromatic heterocycles. The highest BCUT2D eigenvalue weighted by Gasteiger charge is 2.05. The summed E-state index contributed by atoms with van der Waals surface area (Å²) in [6.45, 7) is 6.48. The van der Waals surface area contributed by atoms with E-state index in [1.165, 1.54) is 5.69 Å². The van der Waals surface area contributed by atoms with Crippen molar-refractivity contribution in [1.82, 2.24) is 0 Å². The second-order valence-corrected chi connectivity index (χ2v) is 6.25. The second kappa shape index (κ2) is 10.8. The van der Waals surface area contributed by atoms with Crippen molar-refractivity contribution in [3.63, 3.8) is 0 Å². The minimum Gasteiger partial charge on any atom is -0.479 e. The maximum atomic E-state index is 12.3. The fourth-order valence-electron chi connectivity index (χ4n) is 2.81. The number of carbonyl (C=O) groups is 1. The van der Waals surface area contributed by atoms with E-state index in [1.807, 2.05) is 24.3 Å². The molecule has 0 saturated heterocycles. The minimum atomic E-state index is -0.0653. The highest BCUT2D eigenvalue weighted by Crippen LogP contribution is 2.18. The first-order valence-electron chi connectivity index (χ1n) is 9.35. The van der Waals surface area contributed by atoms with E-state index in [2.05, 4.69) is 30.9 Å². The van der Waals surface area contributed by atoms with E-state index in [0.717, 1.165) is 31.5 Å². The van der Waals surface area contributed by atoms with E-state index in [0.29, 0.717) is 11.3 Å². The number of hydrogen-bond acceptors (Lipinski definition) is 4. The van der Waals surface area contributed by atoms with Crippen molar-refractivity contribution in [3.05, 3.63) is 65.7 Å². The Labute approximate surface area is 161 Å².